The lowest BCUT2D eigenvalue weighted by molar-refractivity contribution is -0.0498. The third kappa shape index (κ3) is 3.67. The van der Waals surface area contributed by atoms with Crippen LogP contribution in [0, 0.1) is 5.92 Å². The summed E-state index contributed by atoms with van der Waals surface area (Å²) in [4.78, 5) is 0. The molecule has 0 radical (unpaired) electrons. The molecule has 18 heavy (non-hydrogen) atoms. The Balaban J connectivity index is 1.82. The van der Waals surface area contributed by atoms with E-state index in [2.05, 4.69) is 17.0 Å². The highest BCUT2D eigenvalue weighted by Crippen LogP contribution is 2.25. The van der Waals surface area contributed by atoms with Gasteiger partial charge in [0.1, 0.15) is 5.75 Å². The van der Waals surface area contributed by atoms with Crippen LogP contribution in [0.3, 0.4) is 0 Å². The Morgan fingerprint density at radius 2 is 2.00 bits per heavy atom. The molecule has 1 fully saturated rings. The van der Waals surface area contributed by atoms with Crippen molar-refractivity contribution in [1.29, 1.82) is 0 Å². The molecule has 1 N–H and O–H groups in total. The van der Waals surface area contributed by atoms with Gasteiger partial charge < -0.3 is 10.1 Å². The van der Waals surface area contributed by atoms with Gasteiger partial charge >= 0.3 is 6.61 Å². The van der Waals surface area contributed by atoms with Gasteiger partial charge in [-0.3, -0.25) is 0 Å². The van der Waals surface area contributed by atoms with Gasteiger partial charge in [0, 0.05) is 12.6 Å². The second-order valence-corrected chi connectivity index (χ2v) is 4.92. The van der Waals surface area contributed by atoms with Gasteiger partial charge in [-0.1, -0.05) is 25.5 Å². The van der Waals surface area contributed by atoms with E-state index in [4.69, 9.17) is 0 Å². The predicted octanol–water partition coefficient (Wildman–Crippen LogP) is 3.57. The summed E-state index contributed by atoms with van der Waals surface area (Å²) >= 11 is 0. The summed E-state index contributed by atoms with van der Waals surface area (Å²) in [6.07, 6.45) is 3.81. The summed E-state index contributed by atoms with van der Waals surface area (Å²) in [5, 5.41) is 3.52. The van der Waals surface area contributed by atoms with Crippen LogP contribution in [0.1, 0.15) is 31.7 Å². The third-order valence-corrected chi connectivity index (χ3v) is 3.58. The minimum Gasteiger partial charge on any atom is -0.435 e. The molecule has 0 aliphatic heterocycles. The minimum absolute atomic E-state index is 0.211. The summed E-state index contributed by atoms with van der Waals surface area (Å²) < 4.78 is 28.3. The number of hydrogen-bond donors (Lipinski definition) is 1. The van der Waals surface area contributed by atoms with Crippen molar-refractivity contribution < 1.29 is 13.5 Å². The van der Waals surface area contributed by atoms with Gasteiger partial charge in [0.25, 0.3) is 0 Å². The second kappa shape index (κ2) is 6.14. The van der Waals surface area contributed by atoms with E-state index in [-0.39, 0.29) is 5.75 Å². The molecule has 0 aromatic heterocycles. The van der Waals surface area contributed by atoms with Crippen molar-refractivity contribution >= 4 is 0 Å². The fraction of sp³-hybridized carbons (Fsp3) is 0.571. The van der Waals surface area contributed by atoms with E-state index in [0.717, 1.165) is 18.0 Å². The Hall–Kier alpha value is -1.16. The monoisotopic (exact) mass is 255 g/mol. The molecular formula is C14H19F2NO. The second-order valence-electron chi connectivity index (χ2n) is 4.92. The van der Waals surface area contributed by atoms with Crippen molar-refractivity contribution in [1.82, 2.24) is 5.32 Å². The first-order chi connectivity index (χ1) is 8.65. The Bertz CT molecular complexity index is 367. The lowest BCUT2D eigenvalue weighted by Crippen LogP contribution is -2.30. The highest BCUT2D eigenvalue weighted by Gasteiger charge is 2.22. The van der Waals surface area contributed by atoms with Gasteiger partial charge in [-0.2, -0.15) is 8.78 Å². The zero-order valence-electron chi connectivity index (χ0n) is 10.5. The molecule has 2 nitrogen and oxygen atoms in total. The summed E-state index contributed by atoms with van der Waals surface area (Å²) in [5.74, 6) is 0.939. The summed E-state index contributed by atoms with van der Waals surface area (Å²) in [5.41, 5.74) is 1.09. The van der Waals surface area contributed by atoms with Crippen LogP contribution in [0.5, 0.6) is 5.75 Å². The Morgan fingerprint density at radius 3 is 2.56 bits per heavy atom. The fourth-order valence-electron chi connectivity index (χ4n) is 2.49. The van der Waals surface area contributed by atoms with Crippen LogP contribution in [0.25, 0.3) is 0 Å². The summed E-state index contributed by atoms with van der Waals surface area (Å²) in [7, 11) is 0. The quantitative estimate of drug-likeness (QED) is 0.868. The molecule has 2 unspecified atom stereocenters. The molecule has 0 saturated heterocycles. The molecule has 1 aromatic carbocycles. The lowest BCUT2D eigenvalue weighted by atomic mass is 10.1. The first kappa shape index (κ1) is 13.3. The molecule has 2 rings (SSSR count). The van der Waals surface area contributed by atoms with Gasteiger partial charge in [-0.15, -0.1) is 0 Å². The normalized spacial score (nSPS) is 23.6. The molecule has 0 spiro atoms. The number of hydrogen-bond acceptors (Lipinski definition) is 2. The molecule has 0 bridgehead atoms. The number of rotatable bonds is 5. The van der Waals surface area contributed by atoms with Crippen molar-refractivity contribution in [3.8, 4) is 5.75 Å². The number of alkyl halides is 2. The zero-order valence-corrected chi connectivity index (χ0v) is 10.5. The molecule has 1 saturated carbocycles. The van der Waals surface area contributed by atoms with E-state index in [0.29, 0.717) is 6.04 Å². The smallest absolute Gasteiger partial charge is 0.387 e. The van der Waals surface area contributed by atoms with E-state index < -0.39 is 6.61 Å². The highest BCUT2D eigenvalue weighted by molar-refractivity contribution is 5.27. The van der Waals surface area contributed by atoms with E-state index in [1.165, 1.54) is 19.3 Å². The standard InChI is InChI=1S/C14H19F2NO/c1-10-3-2-4-13(10)17-9-11-5-7-12(8-6-11)18-14(15)16/h5-8,10,13-14,17H,2-4,9H2,1H3. The van der Waals surface area contributed by atoms with Crippen LogP contribution < -0.4 is 10.1 Å². The lowest BCUT2D eigenvalue weighted by Gasteiger charge is -2.17. The Kier molecular flexibility index (Phi) is 4.53. The van der Waals surface area contributed by atoms with Gasteiger partial charge in [-0.25, -0.2) is 0 Å². The van der Waals surface area contributed by atoms with Gasteiger partial charge in [0.2, 0.25) is 0 Å². The SMILES string of the molecule is CC1CCCC1NCc1ccc(OC(F)F)cc1. The van der Waals surface area contributed by atoms with E-state index in [1.807, 2.05) is 12.1 Å². The van der Waals surface area contributed by atoms with Gasteiger partial charge in [0.15, 0.2) is 0 Å². The molecule has 1 aromatic rings. The molecule has 4 heteroatoms. The fourth-order valence-corrected chi connectivity index (χ4v) is 2.49. The molecule has 2 atom stereocenters. The van der Waals surface area contributed by atoms with E-state index in [1.54, 1.807) is 12.1 Å². The highest BCUT2D eigenvalue weighted by atomic mass is 19.3. The van der Waals surface area contributed by atoms with Crippen LogP contribution in [0.15, 0.2) is 24.3 Å². The van der Waals surface area contributed by atoms with E-state index in [9.17, 15) is 8.78 Å². The van der Waals surface area contributed by atoms with Crippen LogP contribution in [-0.2, 0) is 6.54 Å². The average Bonchev–Trinajstić information content (AvgIpc) is 2.73. The number of ether oxygens (including phenoxy) is 1. The van der Waals surface area contributed by atoms with Crippen molar-refractivity contribution in [3.05, 3.63) is 29.8 Å². The Morgan fingerprint density at radius 1 is 1.28 bits per heavy atom. The zero-order chi connectivity index (χ0) is 13.0. The summed E-state index contributed by atoms with van der Waals surface area (Å²) in [6, 6.07) is 7.40. The molecule has 0 amide bonds. The van der Waals surface area contributed by atoms with Crippen LogP contribution in [-0.4, -0.2) is 12.7 Å². The number of halogens is 2. The minimum atomic E-state index is -2.76. The third-order valence-electron chi connectivity index (χ3n) is 3.58. The topological polar surface area (TPSA) is 21.3 Å². The van der Waals surface area contributed by atoms with Crippen LogP contribution in [0.4, 0.5) is 8.78 Å². The van der Waals surface area contributed by atoms with Gasteiger partial charge in [0.05, 0.1) is 0 Å². The van der Waals surface area contributed by atoms with Crippen molar-refractivity contribution in [2.24, 2.45) is 5.92 Å². The maximum absolute atomic E-state index is 12.0. The molecule has 1 aliphatic carbocycles. The van der Waals surface area contributed by atoms with Crippen LogP contribution in [0.2, 0.25) is 0 Å². The molecule has 0 heterocycles. The van der Waals surface area contributed by atoms with Crippen molar-refractivity contribution in [2.75, 3.05) is 0 Å². The first-order valence-corrected chi connectivity index (χ1v) is 6.42. The van der Waals surface area contributed by atoms with Crippen molar-refractivity contribution in [2.45, 2.75) is 45.4 Å². The van der Waals surface area contributed by atoms with Gasteiger partial charge in [-0.05, 0) is 36.5 Å². The first-order valence-electron chi connectivity index (χ1n) is 6.42. The molecular weight excluding hydrogens is 236 g/mol. The number of nitrogens with one attached hydrogen (secondary N) is 1. The predicted molar refractivity (Wildman–Crippen MR) is 66.7 cm³/mol. The van der Waals surface area contributed by atoms with E-state index >= 15 is 0 Å². The number of benzene rings is 1. The maximum Gasteiger partial charge on any atom is 0.387 e. The average molecular weight is 255 g/mol. The van der Waals surface area contributed by atoms with Crippen LogP contribution >= 0.6 is 0 Å². The molecule has 100 valence electrons. The maximum atomic E-state index is 12.0. The molecule has 1 aliphatic rings. The largest absolute Gasteiger partial charge is 0.435 e. The van der Waals surface area contributed by atoms with Crippen molar-refractivity contribution in [3.63, 3.8) is 0 Å². The summed E-state index contributed by atoms with van der Waals surface area (Å²) in [6.45, 7) is 0.294. The Labute approximate surface area is 106 Å².